The Labute approximate surface area is 110 Å². The quantitative estimate of drug-likeness (QED) is 0.868. The van der Waals surface area contributed by atoms with Gasteiger partial charge in [0.2, 0.25) is 5.95 Å². The Morgan fingerprint density at radius 3 is 2.72 bits per heavy atom. The summed E-state index contributed by atoms with van der Waals surface area (Å²) < 4.78 is 2.26. The van der Waals surface area contributed by atoms with Gasteiger partial charge in [0, 0.05) is 25.8 Å². The largest absolute Gasteiger partial charge is 0.342 e. The zero-order valence-corrected chi connectivity index (χ0v) is 11.9. The third-order valence-corrected chi connectivity index (χ3v) is 3.82. The molecule has 1 aliphatic rings. The van der Waals surface area contributed by atoms with Crippen molar-refractivity contribution in [3.05, 3.63) is 11.9 Å². The van der Waals surface area contributed by atoms with E-state index in [0.717, 1.165) is 37.2 Å². The maximum atomic E-state index is 4.69. The van der Waals surface area contributed by atoms with Crippen LogP contribution < -0.4 is 10.2 Å². The third-order valence-electron chi connectivity index (χ3n) is 3.82. The minimum Gasteiger partial charge on any atom is -0.342 e. The minimum atomic E-state index is 0.813. The van der Waals surface area contributed by atoms with Crippen LogP contribution in [0.25, 0.3) is 0 Å². The zero-order valence-electron chi connectivity index (χ0n) is 11.9. The average Bonchev–Trinajstić information content (AvgIpc) is 2.78. The molecule has 0 saturated carbocycles. The summed E-state index contributed by atoms with van der Waals surface area (Å²) in [7, 11) is 0. The Bertz CT molecular complexity index is 366. The van der Waals surface area contributed by atoms with Crippen molar-refractivity contribution in [3.8, 4) is 0 Å². The monoisotopic (exact) mass is 250 g/mol. The molecule has 0 bridgehead atoms. The van der Waals surface area contributed by atoms with Crippen LogP contribution in [0.4, 0.5) is 5.95 Å². The number of hydrogen-bond donors (Lipinski definition) is 1. The molecule has 0 atom stereocenters. The fourth-order valence-electron chi connectivity index (χ4n) is 2.75. The zero-order chi connectivity index (χ0) is 13.0. The molecule has 0 radical (unpaired) electrons. The lowest BCUT2D eigenvalue weighted by atomic mass is 9.98. The molecule has 4 heteroatoms. The number of piperidine rings is 1. The highest BCUT2D eigenvalue weighted by atomic mass is 15.3. The number of aromatic nitrogens is 2. The first kappa shape index (κ1) is 13.4. The summed E-state index contributed by atoms with van der Waals surface area (Å²) in [5, 5.41) is 3.43. The lowest BCUT2D eigenvalue weighted by Crippen LogP contribution is -2.37. The molecule has 1 aromatic heterocycles. The Hall–Kier alpha value is -1.03. The van der Waals surface area contributed by atoms with Crippen LogP contribution in [0.3, 0.4) is 0 Å². The summed E-state index contributed by atoms with van der Waals surface area (Å²) in [6.45, 7) is 12.0. The smallest absolute Gasteiger partial charge is 0.205 e. The molecule has 1 saturated heterocycles. The van der Waals surface area contributed by atoms with Gasteiger partial charge in [-0.15, -0.1) is 0 Å². The Morgan fingerprint density at radius 2 is 2.11 bits per heavy atom. The average molecular weight is 250 g/mol. The number of imidazole rings is 1. The molecule has 0 aromatic carbocycles. The Balaban J connectivity index is 2.06. The van der Waals surface area contributed by atoms with Crippen LogP contribution in [0, 0.1) is 12.8 Å². The molecule has 1 N–H and O–H groups in total. The van der Waals surface area contributed by atoms with Crippen LogP contribution in [0.5, 0.6) is 0 Å². The van der Waals surface area contributed by atoms with Gasteiger partial charge in [-0.2, -0.15) is 0 Å². The topological polar surface area (TPSA) is 33.1 Å². The van der Waals surface area contributed by atoms with Gasteiger partial charge in [0.05, 0.1) is 5.69 Å². The molecule has 1 aliphatic heterocycles. The fourth-order valence-corrected chi connectivity index (χ4v) is 2.75. The second-order valence-corrected chi connectivity index (χ2v) is 5.20. The van der Waals surface area contributed by atoms with E-state index in [0.29, 0.717) is 0 Å². The molecule has 0 unspecified atom stereocenters. The number of nitrogens with zero attached hydrogens (tertiary/aromatic N) is 3. The van der Waals surface area contributed by atoms with Crippen molar-refractivity contribution in [2.45, 2.75) is 40.2 Å². The van der Waals surface area contributed by atoms with Gasteiger partial charge in [-0.3, -0.25) is 0 Å². The van der Waals surface area contributed by atoms with Gasteiger partial charge in [0.25, 0.3) is 0 Å². The van der Waals surface area contributed by atoms with Gasteiger partial charge in [-0.05, 0) is 52.6 Å². The maximum absolute atomic E-state index is 4.69. The summed E-state index contributed by atoms with van der Waals surface area (Å²) in [5.41, 5.74) is 1.12. The highest BCUT2D eigenvalue weighted by Gasteiger charge is 2.19. The van der Waals surface area contributed by atoms with Gasteiger partial charge in [-0.1, -0.05) is 0 Å². The Kier molecular flexibility index (Phi) is 4.64. The Morgan fingerprint density at radius 1 is 1.39 bits per heavy atom. The standard InChI is InChI=1S/C14H26N4/c1-4-17-10-12(3)16-14(17)18(5-2)11-13-6-8-15-9-7-13/h10,13,15H,4-9,11H2,1-3H3. The van der Waals surface area contributed by atoms with Crippen LogP contribution >= 0.6 is 0 Å². The van der Waals surface area contributed by atoms with Crippen LogP contribution in [0.15, 0.2) is 6.20 Å². The summed E-state index contributed by atoms with van der Waals surface area (Å²) in [6.07, 6.45) is 4.74. The van der Waals surface area contributed by atoms with Crippen molar-refractivity contribution >= 4 is 5.95 Å². The molecule has 0 spiro atoms. The van der Waals surface area contributed by atoms with E-state index >= 15 is 0 Å². The molecule has 4 nitrogen and oxygen atoms in total. The SMILES string of the molecule is CCN(CC1CCNCC1)c1nc(C)cn1CC. The van der Waals surface area contributed by atoms with Gasteiger partial charge in [-0.25, -0.2) is 4.98 Å². The molecule has 1 aromatic rings. The van der Waals surface area contributed by atoms with Crippen LogP contribution in [-0.2, 0) is 6.54 Å². The molecule has 2 rings (SSSR count). The van der Waals surface area contributed by atoms with Crippen LogP contribution in [0.2, 0.25) is 0 Å². The van der Waals surface area contributed by atoms with E-state index in [1.165, 1.54) is 25.9 Å². The van der Waals surface area contributed by atoms with Crippen molar-refractivity contribution in [2.75, 3.05) is 31.1 Å². The second-order valence-electron chi connectivity index (χ2n) is 5.20. The van der Waals surface area contributed by atoms with E-state index in [4.69, 9.17) is 4.98 Å². The summed E-state index contributed by atoms with van der Waals surface area (Å²) in [6, 6.07) is 0. The summed E-state index contributed by atoms with van der Waals surface area (Å²) in [4.78, 5) is 7.13. The lowest BCUT2D eigenvalue weighted by molar-refractivity contribution is 0.372. The van der Waals surface area contributed by atoms with Gasteiger partial charge >= 0.3 is 0 Å². The number of hydrogen-bond acceptors (Lipinski definition) is 3. The third kappa shape index (κ3) is 3.05. The van der Waals surface area contributed by atoms with Gasteiger partial charge in [0.15, 0.2) is 0 Å². The van der Waals surface area contributed by atoms with E-state index in [1.807, 2.05) is 0 Å². The van der Waals surface area contributed by atoms with Crippen molar-refractivity contribution in [3.63, 3.8) is 0 Å². The molecular formula is C14H26N4. The van der Waals surface area contributed by atoms with Crippen molar-refractivity contribution in [2.24, 2.45) is 5.92 Å². The lowest BCUT2D eigenvalue weighted by Gasteiger charge is -2.30. The van der Waals surface area contributed by atoms with Crippen molar-refractivity contribution in [1.82, 2.24) is 14.9 Å². The summed E-state index contributed by atoms with van der Waals surface area (Å²) >= 11 is 0. The molecule has 2 heterocycles. The number of aryl methyl sites for hydroxylation is 2. The maximum Gasteiger partial charge on any atom is 0.205 e. The predicted molar refractivity (Wildman–Crippen MR) is 76.1 cm³/mol. The highest BCUT2D eigenvalue weighted by molar-refractivity contribution is 5.33. The highest BCUT2D eigenvalue weighted by Crippen LogP contribution is 2.19. The second kappa shape index (κ2) is 6.23. The minimum absolute atomic E-state index is 0.813. The number of anilines is 1. The molecular weight excluding hydrogens is 224 g/mol. The van der Waals surface area contributed by atoms with E-state index in [1.54, 1.807) is 0 Å². The van der Waals surface area contributed by atoms with Crippen LogP contribution in [-0.4, -0.2) is 35.7 Å². The first-order valence-electron chi connectivity index (χ1n) is 7.24. The van der Waals surface area contributed by atoms with Crippen molar-refractivity contribution < 1.29 is 0 Å². The van der Waals surface area contributed by atoms with Crippen molar-refractivity contribution in [1.29, 1.82) is 0 Å². The van der Waals surface area contributed by atoms with Crippen LogP contribution in [0.1, 0.15) is 32.4 Å². The fraction of sp³-hybridized carbons (Fsp3) is 0.786. The number of nitrogens with one attached hydrogen (secondary N) is 1. The summed E-state index contributed by atoms with van der Waals surface area (Å²) in [5.74, 6) is 1.96. The van der Waals surface area contributed by atoms with Gasteiger partial charge < -0.3 is 14.8 Å². The number of rotatable bonds is 5. The van der Waals surface area contributed by atoms with E-state index in [9.17, 15) is 0 Å². The molecule has 18 heavy (non-hydrogen) atoms. The molecule has 1 fully saturated rings. The van der Waals surface area contributed by atoms with E-state index < -0.39 is 0 Å². The first-order valence-corrected chi connectivity index (χ1v) is 7.24. The predicted octanol–water partition coefficient (Wildman–Crippen LogP) is 2.04. The molecule has 102 valence electrons. The normalized spacial score (nSPS) is 17.1. The van der Waals surface area contributed by atoms with E-state index in [-0.39, 0.29) is 0 Å². The van der Waals surface area contributed by atoms with Gasteiger partial charge in [0.1, 0.15) is 0 Å². The molecule has 0 amide bonds. The van der Waals surface area contributed by atoms with E-state index in [2.05, 4.69) is 41.8 Å². The first-order chi connectivity index (χ1) is 8.74. The molecule has 0 aliphatic carbocycles.